The van der Waals surface area contributed by atoms with E-state index in [2.05, 4.69) is 16.0 Å². The molecule has 0 unspecified atom stereocenters. The first kappa shape index (κ1) is 21.1. The summed E-state index contributed by atoms with van der Waals surface area (Å²) in [5.41, 5.74) is 0.446. The summed E-state index contributed by atoms with van der Waals surface area (Å²) in [6.45, 7) is 3.00. The molecule has 0 radical (unpaired) electrons. The van der Waals surface area contributed by atoms with Crippen LogP contribution in [0.3, 0.4) is 0 Å². The molecule has 1 atom stereocenters. The van der Waals surface area contributed by atoms with Crippen LogP contribution in [-0.4, -0.2) is 41.9 Å². The Kier molecular flexibility index (Phi) is 7.06. The molecule has 4 amide bonds. The van der Waals surface area contributed by atoms with Gasteiger partial charge in [0.05, 0.1) is 5.69 Å². The molecular formula is C21H29FN4O3. The highest BCUT2D eigenvalue weighted by molar-refractivity contribution is 5.94. The van der Waals surface area contributed by atoms with Crippen LogP contribution in [0.1, 0.15) is 51.9 Å². The number of nitrogens with one attached hydrogen (secondary N) is 3. The van der Waals surface area contributed by atoms with Crippen molar-refractivity contribution in [3.63, 3.8) is 0 Å². The first-order valence-corrected chi connectivity index (χ1v) is 10.4. The molecule has 0 aromatic heterocycles. The standard InChI is InChI=1S/C21H29FN4O3/c1-14(13-26-11-5-8-19(26)27)23-21(29)24-16-9-10-17(22)18(12-16)25-20(28)15-6-3-2-4-7-15/h9-10,12,14-15H,2-8,11,13H2,1H3,(H,25,28)(H2,23,24,29)/t14-/m0/s1. The normalized spacial score (nSPS) is 18.4. The summed E-state index contributed by atoms with van der Waals surface area (Å²) in [4.78, 5) is 38.0. The van der Waals surface area contributed by atoms with E-state index in [1.165, 1.54) is 18.2 Å². The predicted octanol–water partition coefficient (Wildman–Crippen LogP) is 3.48. The molecule has 1 saturated carbocycles. The third kappa shape index (κ3) is 5.92. The number of nitrogens with zero attached hydrogens (tertiary/aromatic N) is 1. The lowest BCUT2D eigenvalue weighted by Crippen LogP contribution is -2.44. The smallest absolute Gasteiger partial charge is 0.319 e. The van der Waals surface area contributed by atoms with Crippen LogP contribution in [0.5, 0.6) is 0 Å². The molecule has 3 N–H and O–H groups in total. The van der Waals surface area contributed by atoms with E-state index in [9.17, 15) is 18.8 Å². The average molecular weight is 404 g/mol. The molecule has 1 aromatic rings. The van der Waals surface area contributed by atoms with Gasteiger partial charge in [-0.3, -0.25) is 9.59 Å². The van der Waals surface area contributed by atoms with Gasteiger partial charge in [0, 0.05) is 37.2 Å². The van der Waals surface area contributed by atoms with Crippen molar-refractivity contribution in [3.8, 4) is 0 Å². The minimum atomic E-state index is -0.541. The number of carbonyl (C=O) groups is 3. The van der Waals surface area contributed by atoms with Crippen molar-refractivity contribution in [3.05, 3.63) is 24.0 Å². The zero-order valence-corrected chi connectivity index (χ0v) is 16.8. The number of benzene rings is 1. The Balaban J connectivity index is 1.53. The number of hydrogen-bond donors (Lipinski definition) is 3. The largest absolute Gasteiger partial charge is 0.341 e. The maximum Gasteiger partial charge on any atom is 0.319 e. The fourth-order valence-corrected chi connectivity index (χ4v) is 3.96. The molecule has 8 heteroatoms. The Bertz CT molecular complexity index is 764. The summed E-state index contributed by atoms with van der Waals surface area (Å²) in [6.07, 6.45) is 6.23. The van der Waals surface area contributed by atoms with Gasteiger partial charge < -0.3 is 20.9 Å². The number of carbonyl (C=O) groups excluding carboxylic acids is 3. The quantitative estimate of drug-likeness (QED) is 0.678. The van der Waals surface area contributed by atoms with Crippen molar-refractivity contribution >= 4 is 29.2 Å². The zero-order chi connectivity index (χ0) is 20.8. The summed E-state index contributed by atoms with van der Waals surface area (Å²) in [6, 6.07) is 3.42. The molecule has 2 aliphatic rings. The molecule has 7 nitrogen and oxygen atoms in total. The number of rotatable bonds is 6. The summed E-state index contributed by atoms with van der Waals surface area (Å²) in [5, 5.41) is 8.09. The number of anilines is 2. The summed E-state index contributed by atoms with van der Waals surface area (Å²) < 4.78 is 14.1. The van der Waals surface area contributed by atoms with Gasteiger partial charge in [0.15, 0.2) is 0 Å². The van der Waals surface area contributed by atoms with Crippen LogP contribution in [-0.2, 0) is 9.59 Å². The highest BCUT2D eigenvalue weighted by Gasteiger charge is 2.23. The highest BCUT2D eigenvalue weighted by Crippen LogP contribution is 2.26. The van der Waals surface area contributed by atoms with Gasteiger partial charge in [-0.15, -0.1) is 0 Å². The van der Waals surface area contributed by atoms with Crippen molar-refractivity contribution < 1.29 is 18.8 Å². The van der Waals surface area contributed by atoms with Crippen LogP contribution in [0.15, 0.2) is 18.2 Å². The van der Waals surface area contributed by atoms with Crippen LogP contribution in [0.25, 0.3) is 0 Å². The van der Waals surface area contributed by atoms with E-state index in [1.807, 2.05) is 6.92 Å². The lowest BCUT2D eigenvalue weighted by molar-refractivity contribution is -0.128. The van der Waals surface area contributed by atoms with Gasteiger partial charge in [-0.1, -0.05) is 19.3 Å². The van der Waals surface area contributed by atoms with E-state index in [1.54, 1.807) is 4.90 Å². The zero-order valence-electron chi connectivity index (χ0n) is 16.8. The van der Waals surface area contributed by atoms with Crippen molar-refractivity contribution in [2.24, 2.45) is 5.92 Å². The lowest BCUT2D eigenvalue weighted by Gasteiger charge is -2.22. The van der Waals surface area contributed by atoms with Gasteiger partial charge in [-0.25, -0.2) is 9.18 Å². The van der Waals surface area contributed by atoms with E-state index < -0.39 is 11.8 Å². The number of urea groups is 1. The van der Waals surface area contributed by atoms with Gasteiger partial charge in [0.2, 0.25) is 11.8 Å². The molecule has 158 valence electrons. The second-order valence-electron chi connectivity index (χ2n) is 7.96. The van der Waals surface area contributed by atoms with Crippen LogP contribution >= 0.6 is 0 Å². The molecule has 1 heterocycles. The minimum Gasteiger partial charge on any atom is -0.341 e. The van der Waals surface area contributed by atoms with Gasteiger partial charge in [0.1, 0.15) is 5.82 Å². The molecule has 29 heavy (non-hydrogen) atoms. The van der Waals surface area contributed by atoms with Crippen molar-refractivity contribution in [1.29, 1.82) is 0 Å². The van der Waals surface area contributed by atoms with E-state index in [-0.39, 0.29) is 29.5 Å². The van der Waals surface area contributed by atoms with Crippen molar-refractivity contribution in [1.82, 2.24) is 10.2 Å². The number of hydrogen-bond acceptors (Lipinski definition) is 3. The Morgan fingerprint density at radius 2 is 1.93 bits per heavy atom. The molecule has 3 rings (SSSR count). The van der Waals surface area contributed by atoms with E-state index >= 15 is 0 Å². The molecule has 0 bridgehead atoms. The molecule has 1 aliphatic heterocycles. The van der Waals surface area contributed by atoms with Crippen LogP contribution in [0, 0.1) is 11.7 Å². The van der Waals surface area contributed by atoms with Gasteiger partial charge in [-0.2, -0.15) is 0 Å². The van der Waals surface area contributed by atoms with Crippen molar-refractivity contribution in [2.45, 2.75) is 57.9 Å². The molecule has 1 saturated heterocycles. The van der Waals surface area contributed by atoms with Crippen LogP contribution < -0.4 is 16.0 Å². The van der Waals surface area contributed by atoms with Crippen LogP contribution in [0.2, 0.25) is 0 Å². The van der Waals surface area contributed by atoms with Crippen LogP contribution in [0.4, 0.5) is 20.6 Å². The first-order valence-electron chi connectivity index (χ1n) is 10.4. The monoisotopic (exact) mass is 404 g/mol. The average Bonchev–Trinajstić information content (AvgIpc) is 3.09. The molecular weight excluding hydrogens is 375 g/mol. The highest BCUT2D eigenvalue weighted by atomic mass is 19.1. The fraction of sp³-hybridized carbons (Fsp3) is 0.571. The Labute approximate surface area is 170 Å². The summed E-state index contributed by atoms with van der Waals surface area (Å²) in [7, 11) is 0. The molecule has 1 aromatic carbocycles. The van der Waals surface area contributed by atoms with Gasteiger partial charge >= 0.3 is 6.03 Å². The van der Waals surface area contributed by atoms with E-state index in [4.69, 9.17) is 0 Å². The predicted molar refractivity (Wildman–Crippen MR) is 109 cm³/mol. The first-order chi connectivity index (χ1) is 13.9. The second kappa shape index (κ2) is 9.71. The van der Waals surface area contributed by atoms with Gasteiger partial charge in [0.25, 0.3) is 0 Å². The van der Waals surface area contributed by atoms with E-state index in [0.717, 1.165) is 38.5 Å². The van der Waals surface area contributed by atoms with Crippen molar-refractivity contribution in [2.75, 3.05) is 23.7 Å². The Morgan fingerprint density at radius 3 is 2.62 bits per heavy atom. The maximum atomic E-state index is 14.1. The van der Waals surface area contributed by atoms with E-state index in [0.29, 0.717) is 25.2 Å². The lowest BCUT2D eigenvalue weighted by atomic mass is 9.88. The number of likely N-dealkylation sites (tertiary alicyclic amines) is 1. The minimum absolute atomic E-state index is 0.0640. The Hall–Kier alpha value is -2.64. The maximum absolute atomic E-state index is 14.1. The number of halogens is 1. The molecule has 1 aliphatic carbocycles. The third-order valence-electron chi connectivity index (χ3n) is 5.50. The SMILES string of the molecule is C[C@@H](CN1CCCC1=O)NC(=O)Nc1ccc(F)c(NC(=O)C2CCCCC2)c1. The topological polar surface area (TPSA) is 90.5 Å². The fourth-order valence-electron chi connectivity index (χ4n) is 3.96. The summed E-state index contributed by atoms with van der Waals surface area (Å²) >= 11 is 0. The molecule has 2 fully saturated rings. The second-order valence-corrected chi connectivity index (χ2v) is 7.96. The number of amides is 4. The van der Waals surface area contributed by atoms with Gasteiger partial charge in [-0.05, 0) is 44.4 Å². The third-order valence-corrected chi connectivity index (χ3v) is 5.50. The summed E-state index contributed by atoms with van der Waals surface area (Å²) in [5.74, 6) is -0.691. The molecule has 0 spiro atoms. The Morgan fingerprint density at radius 1 is 1.17 bits per heavy atom.